The van der Waals surface area contributed by atoms with Crippen molar-refractivity contribution in [2.24, 2.45) is 5.14 Å². The van der Waals surface area contributed by atoms with E-state index >= 15 is 0 Å². The van der Waals surface area contributed by atoms with Gasteiger partial charge in [0.05, 0.1) is 16.4 Å². The number of hydrogen-bond acceptors (Lipinski definition) is 5. The van der Waals surface area contributed by atoms with Gasteiger partial charge in [0.15, 0.2) is 0 Å². The van der Waals surface area contributed by atoms with E-state index in [1.165, 1.54) is 19.2 Å². The molecule has 1 aromatic rings. The molecule has 0 bridgehead atoms. The van der Waals surface area contributed by atoms with Crippen LogP contribution in [0.1, 0.15) is 6.92 Å². The molecule has 0 aliphatic carbocycles. The van der Waals surface area contributed by atoms with Gasteiger partial charge in [0.25, 0.3) is 0 Å². The van der Waals surface area contributed by atoms with Crippen molar-refractivity contribution in [3.05, 3.63) is 24.3 Å². The van der Waals surface area contributed by atoms with Crippen molar-refractivity contribution in [3.8, 4) is 0 Å². The van der Waals surface area contributed by atoms with E-state index in [0.717, 1.165) is 12.1 Å². The van der Waals surface area contributed by atoms with E-state index in [2.05, 4.69) is 4.72 Å². The Labute approximate surface area is 112 Å². The van der Waals surface area contributed by atoms with E-state index in [4.69, 9.17) is 9.88 Å². The van der Waals surface area contributed by atoms with E-state index in [1.54, 1.807) is 6.92 Å². The Hall–Kier alpha value is -1.00. The normalized spacial score (nSPS) is 14.3. The van der Waals surface area contributed by atoms with Crippen LogP contribution in [0.5, 0.6) is 0 Å². The summed E-state index contributed by atoms with van der Waals surface area (Å²) in [5, 5.41) is 4.93. The van der Waals surface area contributed by atoms with Crippen molar-refractivity contribution < 1.29 is 21.6 Å². The van der Waals surface area contributed by atoms with Gasteiger partial charge in [-0.1, -0.05) is 0 Å². The lowest BCUT2D eigenvalue weighted by Gasteiger charge is -2.13. The quantitative estimate of drug-likeness (QED) is 0.745. The van der Waals surface area contributed by atoms with Gasteiger partial charge in [0.1, 0.15) is 0 Å². The first-order valence-electron chi connectivity index (χ1n) is 5.31. The number of methoxy groups -OCH3 is 1. The Kier molecular flexibility index (Phi) is 5.04. The summed E-state index contributed by atoms with van der Waals surface area (Å²) >= 11 is 0. The standard InChI is InChI=1S/C10H16N2O5S2/c1-8(7-17-2)12-19(15,16)10-5-3-9(4-6-10)18(11,13)14/h3-6,8,12H,7H2,1-2H3,(H2,11,13,14). The molecule has 0 fully saturated rings. The molecule has 108 valence electrons. The summed E-state index contributed by atoms with van der Waals surface area (Å²) in [7, 11) is -6.08. The molecule has 9 heteroatoms. The molecule has 0 heterocycles. The van der Waals surface area contributed by atoms with Crippen LogP contribution in [0.15, 0.2) is 34.1 Å². The highest BCUT2D eigenvalue weighted by Gasteiger charge is 2.18. The highest BCUT2D eigenvalue weighted by atomic mass is 32.2. The number of sulfonamides is 2. The molecule has 7 nitrogen and oxygen atoms in total. The van der Waals surface area contributed by atoms with Crippen LogP contribution >= 0.6 is 0 Å². The van der Waals surface area contributed by atoms with Crippen molar-refractivity contribution in [1.82, 2.24) is 4.72 Å². The van der Waals surface area contributed by atoms with Crippen LogP contribution in [0, 0.1) is 0 Å². The third-order valence-electron chi connectivity index (χ3n) is 2.24. The molecule has 0 spiro atoms. The molecule has 3 N–H and O–H groups in total. The molecule has 19 heavy (non-hydrogen) atoms. The summed E-state index contributed by atoms with van der Waals surface area (Å²) in [5.41, 5.74) is 0. The van der Waals surface area contributed by atoms with Gasteiger partial charge < -0.3 is 4.74 Å². The second-order valence-corrected chi connectivity index (χ2v) is 7.27. The van der Waals surface area contributed by atoms with Crippen LogP contribution in [0.2, 0.25) is 0 Å². The van der Waals surface area contributed by atoms with Gasteiger partial charge in [-0.3, -0.25) is 0 Å². The Morgan fingerprint density at radius 1 is 1.16 bits per heavy atom. The summed E-state index contributed by atoms with van der Waals surface area (Å²) in [4.78, 5) is -0.181. The van der Waals surface area contributed by atoms with Gasteiger partial charge in [-0.25, -0.2) is 26.7 Å². The summed E-state index contributed by atoms with van der Waals surface area (Å²) < 4.78 is 53.2. The first-order chi connectivity index (χ1) is 8.66. The lowest BCUT2D eigenvalue weighted by atomic mass is 10.4. The van der Waals surface area contributed by atoms with Gasteiger partial charge in [-0.05, 0) is 31.2 Å². The second-order valence-electron chi connectivity index (χ2n) is 3.99. The number of ether oxygens (including phenoxy) is 1. The van der Waals surface area contributed by atoms with Crippen molar-refractivity contribution in [2.75, 3.05) is 13.7 Å². The molecule has 0 aromatic heterocycles. The zero-order valence-corrected chi connectivity index (χ0v) is 12.2. The van der Waals surface area contributed by atoms with E-state index < -0.39 is 26.1 Å². The van der Waals surface area contributed by atoms with Crippen molar-refractivity contribution >= 4 is 20.0 Å². The largest absolute Gasteiger partial charge is 0.383 e. The maximum atomic E-state index is 11.9. The zero-order valence-electron chi connectivity index (χ0n) is 10.5. The van der Waals surface area contributed by atoms with Crippen LogP contribution in [0.4, 0.5) is 0 Å². The van der Waals surface area contributed by atoms with E-state index in [9.17, 15) is 16.8 Å². The second kappa shape index (κ2) is 5.97. The van der Waals surface area contributed by atoms with Crippen molar-refractivity contribution in [2.45, 2.75) is 22.8 Å². The van der Waals surface area contributed by atoms with Gasteiger partial charge in [0.2, 0.25) is 20.0 Å². The molecule has 0 saturated heterocycles. The first-order valence-corrected chi connectivity index (χ1v) is 8.34. The molecule has 0 aliphatic heterocycles. The topological polar surface area (TPSA) is 116 Å². The lowest BCUT2D eigenvalue weighted by Crippen LogP contribution is -2.35. The average molecular weight is 308 g/mol. The molecule has 1 atom stereocenters. The zero-order chi connectivity index (χ0) is 14.7. The first kappa shape index (κ1) is 16.1. The molecular formula is C10H16N2O5S2. The number of benzene rings is 1. The van der Waals surface area contributed by atoms with Gasteiger partial charge >= 0.3 is 0 Å². The minimum Gasteiger partial charge on any atom is -0.383 e. The predicted molar refractivity (Wildman–Crippen MR) is 69.5 cm³/mol. The monoisotopic (exact) mass is 308 g/mol. The van der Waals surface area contributed by atoms with Gasteiger partial charge in [-0.15, -0.1) is 0 Å². The van der Waals surface area contributed by atoms with Crippen LogP contribution < -0.4 is 9.86 Å². The van der Waals surface area contributed by atoms with Crippen LogP contribution in [-0.4, -0.2) is 36.6 Å². The minimum atomic E-state index is -3.83. The molecule has 0 radical (unpaired) electrons. The molecular weight excluding hydrogens is 292 g/mol. The van der Waals surface area contributed by atoms with Crippen LogP contribution in [0.3, 0.4) is 0 Å². The maximum absolute atomic E-state index is 11.9. The lowest BCUT2D eigenvalue weighted by molar-refractivity contribution is 0.180. The van der Waals surface area contributed by atoms with Gasteiger partial charge in [0, 0.05) is 13.2 Å². The Morgan fingerprint density at radius 2 is 1.63 bits per heavy atom. The van der Waals surface area contributed by atoms with Crippen LogP contribution in [-0.2, 0) is 24.8 Å². The molecule has 1 aromatic carbocycles. The van der Waals surface area contributed by atoms with Crippen molar-refractivity contribution in [3.63, 3.8) is 0 Å². The third-order valence-corrected chi connectivity index (χ3v) is 4.77. The highest BCUT2D eigenvalue weighted by molar-refractivity contribution is 7.89. The summed E-state index contributed by atoms with van der Waals surface area (Å²) in [5.74, 6) is 0. The Morgan fingerprint density at radius 3 is 2.05 bits per heavy atom. The van der Waals surface area contributed by atoms with E-state index in [0.29, 0.717) is 0 Å². The minimum absolute atomic E-state index is 0.0390. The van der Waals surface area contributed by atoms with E-state index in [1.807, 2.05) is 0 Å². The highest BCUT2D eigenvalue weighted by Crippen LogP contribution is 2.13. The Bertz CT molecular complexity index is 622. The summed E-state index contributed by atoms with van der Waals surface area (Å²) in [6.07, 6.45) is 0. The number of nitrogens with one attached hydrogen (secondary N) is 1. The SMILES string of the molecule is COCC(C)NS(=O)(=O)c1ccc(S(N)(=O)=O)cc1. The fourth-order valence-electron chi connectivity index (χ4n) is 1.43. The van der Waals surface area contributed by atoms with Crippen molar-refractivity contribution in [1.29, 1.82) is 0 Å². The third kappa shape index (κ3) is 4.55. The fraction of sp³-hybridized carbons (Fsp3) is 0.400. The fourth-order valence-corrected chi connectivity index (χ4v) is 3.17. The maximum Gasteiger partial charge on any atom is 0.240 e. The number of hydrogen-bond donors (Lipinski definition) is 2. The molecule has 0 saturated carbocycles. The molecule has 0 amide bonds. The number of primary sulfonamides is 1. The Balaban J connectivity index is 2.97. The number of rotatable bonds is 6. The van der Waals surface area contributed by atoms with E-state index in [-0.39, 0.29) is 16.4 Å². The van der Waals surface area contributed by atoms with Gasteiger partial charge in [-0.2, -0.15) is 0 Å². The number of nitrogens with two attached hydrogens (primary N) is 1. The average Bonchev–Trinajstić information content (AvgIpc) is 2.27. The molecule has 1 rings (SSSR count). The molecule has 0 aliphatic rings. The van der Waals surface area contributed by atoms with Crippen LogP contribution in [0.25, 0.3) is 0 Å². The summed E-state index contributed by atoms with van der Waals surface area (Å²) in [6.45, 7) is 1.88. The molecule has 1 unspecified atom stereocenters. The smallest absolute Gasteiger partial charge is 0.240 e. The summed E-state index contributed by atoms with van der Waals surface area (Å²) in [6, 6.07) is 4.26. The predicted octanol–water partition coefficient (Wildman–Crippen LogP) is -0.353.